The van der Waals surface area contributed by atoms with Gasteiger partial charge in [-0.2, -0.15) is 0 Å². The zero-order valence-corrected chi connectivity index (χ0v) is 10.5. The Morgan fingerprint density at radius 2 is 2.00 bits per heavy atom. The van der Waals surface area contributed by atoms with Crippen molar-refractivity contribution in [2.24, 2.45) is 0 Å². The number of hydrogen-bond acceptors (Lipinski definition) is 5. The maximum absolute atomic E-state index is 12.9. The predicted molar refractivity (Wildman–Crippen MR) is 72.1 cm³/mol. The van der Waals surface area contributed by atoms with Gasteiger partial charge < -0.3 is 10.4 Å². The summed E-state index contributed by atoms with van der Waals surface area (Å²) in [5.41, 5.74) is 0.957. The molecule has 0 atom stereocenters. The molecule has 0 aliphatic rings. The van der Waals surface area contributed by atoms with E-state index in [0.717, 1.165) is 0 Å². The SMILES string of the molecule is O=C(O)Nc1nnc2c(Nc3ccc(F)cc3)nccn12. The Labute approximate surface area is 117 Å². The zero-order chi connectivity index (χ0) is 14.8. The van der Waals surface area contributed by atoms with E-state index in [9.17, 15) is 9.18 Å². The van der Waals surface area contributed by atoms with E-state index in [1.165, 1.54) is 28.9 Å². The number of aromatic nitrogens is 4. The maximum Gasteiger partial charge on any atom is 0.411 e. The molecule has 0 spiro atoms. The van der Waals surface area contributed by atoms with Crippen LogP contribution in [0.25, 0.3) is 5.65 Å². The number of carbonyl (C=O) groups is 1. The highest BCUT2D eigenvalue weighted by Crippen LogP contribution is 2.20. The lowest BCUT2D eigenvalue weighted by Crippen LogP contribution is -2.10. The van der Waals surface area contributed by atoms with Crippen molar-refractivity contribution in [2.75, 3.05) is 10.6 Å². The molecule has 3 aromatic rings. The third-order valence-electron chi connectivity index (χ3n) is 2.65. The molecule has 0 saturated heterocycles. The number of rotatable bonds is 3. The molecule has 0 radical (unpaired) electrons. The van der Waals surface area contributed by atoms with E-state index in [0.29, 0.717) is 17.2 Å². The molecule has 0 saturated carbocycles. The van der Waals surface area contributed by atoms with Crippen LogP contribution in [0.3, 0.4) is 0 Å². The van der Waals surface area contributed by atoms with Crippen molar-refractivity contribution < 1.29 is 14.3 Å². The molecule has 1 aromatic carbocycles. The first-order valence-electron chi connectivity index (χ1n) is 5.86. The smallest absolute Gasteiger partial charge is 0.411 e. The Bertz CT molecular complexity index is 801. The molecule has 1 amide bonds. The van der Waals surface area contributed by atoms with E-state index in [1.54, 1.807) is 12.1 Å². The number of anilines is 3. The second kappa shape index (κ2) is 5.04. The van der Waals surface area contributed by atoms with Crippen LogP contribution in [0.4, 0.5) is 26.6 Å². The fourth-order valence-electron chi connectivity index (χ4n) is 1.77. The lowest BCUT2D eigenvalue weighted by molar-refractivity contribution is 0.209. The normalized spacial score (nSPS) is 10.5. The van der Waals surface area contributed by atoms with Crippen LogP contribution < -0.4 is 10.6 Å². The van der Waals surface area contributed by atoms with E-state index >= 15 is 0 Å². The number of halogens is 1. The van der Waals surface area contributed by atoms with Gasteiger partial charge in [0, 0.05) is 18.1 Å². The molecule has 0 aliphatic carbocycles. The molecule has 0 unspecified atom stereocenters. The van der Waals surface area contributed by atoms with Crippen LogP contribution in [0, 0.1) is 5.82 Å². The number of nitrogens with zero attached hydrogens (tertiary/aromatic N) is 4. The number of benzene rings is 1. The molecule has 0 aliphatic heterocycles. The highest BCUT2D eigenvalue weighted by Gasteiger charge is 2.12. The van der Waals surface area contributed by atoms with Crippen molar-refractivity contribution in [3.63, 3.8) is 0 Å². The first kappa shape index (κ1) is 12.8. The molecule has 0 bridgehead atoms. The van der Waals surface area contributed by atoms with Crippen LogP contribution in [-0.4, -0.2) is 30.8 Å². The summed E-state index contributed by atoms with van der Waals surface area (Å²) < 4.78 is 14.3. The molecular formula is C12H9FN6O2. The van der Waals surface area contributed by atoms with Gasteiger partial charge >= 0.3 is 6.09 Å². The summed E-state index contributed by atoms with van der Waals surface area (Å²) in [5.74, 6) is 0.0826. The van der Waals surface area contributed by atoms with Crippen molar-refractivity contribution in [1.82, 2.24) is 19.6 Å². The second-order valence-corrected chi connectivity index (χ2v) is 4.06. The number of fused-ring (bicyclic) bond motifs is 1. The summed E-state index contributed by atoms with van der Waals surface area (Å²) in [6.07, 6.45) is 1.75. The minimum Gasteiger partial charge on any atom is -0.465 e. The summed E-state index contributed by atoms with van der Waals surface area (Å²) in [6.45, 7) is 0. The molecule has 9 heteroatoms. The topological polar surface area (TPSA) is 104 Å². The third kappa shape index (κ3) is 2.56. The van der Waals surface area contributed by atoms with Gasteiger partial charge in [0.05, 0.1) is 0 Å². The Balaban J connectivity index is 1.97. The van der Waals surface area contributed by atoms with Crippen molar-refractivity contribution in [1.29, 1.82) is 0 Å². The summed E-state index contributed by atoms with van der Waals surface area (Å²) in [7, 11) is 0. The van der Waals surface area contributed by atoms with Crippen molar-refractivity contribution >= 4 is 29.2 Å². The van der Waals surface area contributed by atoms with E-state index in [-0.39, 0.29) is 11.8 Å². The van der Waals surface area contributed by atoms with Gasteiger partial charge in [0.1, 0.15) is 5.82 Å². The fourth-order valence-corrected chi connectivity index (χ4v) is 1.77. The van der Waals surface area contributed by atoms with Crippen molar-refractivity contribution in [2.45, 2.75) is 0 Å². The van der Waals surface area contributed by atoms with E-state index in [2.05, 4.69) is 25.8 Å². The van der Waals surface area contributed by atoms with E-state index < -0.39 is 6.09 Å². The zero-order valence-electron chi connectivity index (χ0n) is 10.5. The quantitative estimate of drug-likeness (QED) is 0.681. The summed E-state index contributed by atoms with van der Waals surface area (Å²) in [6, 6.07) is 5.72. The Morgan fingerprint density at radius 3 is 2.71 bits per heavy atom. The van der Waals surface area contributed by atoms with Crippen LogP contribution in [0.2, 0.25) is 0 Å². The Kier molecular flexibility index (Phi) is 3.07. The highest BCUT2D eigenvalue weighted by molar-refractivity contribution is 5.81. The summed E-state index contributed by atoms with van der Waals surface area (Å²) in [5, 5.41) is 21.4. The van der Waals surface area contributed by atoms with Crippen LogP contribution in [-0.2, 0) is 0 Å². The van der Waals surface area contributed by atoms with Gasteiger partial charge in [-0.05, 0) is 24.3 Å². The lowest BCUT2D eigenvalue weighted by Gasteiger charge is -2.06. The fraction of sp³-hybridized carbons (Fsp3) is 0. The van der Waals surface area contributed by atoms with Gasteiger partial charge in [0.2, 0.25) is 11.6 Å². The van der Waals surface area contributed by atoms with E-state index in [1.807, 2.05) is 0 Å². The molecule has 3 N–H and O–H groups in total. The van der Waals surface area contributed by atoms with Gasteiger partial charge in [0.25, 0.3) is 0 Å². The molecule has 3 rings (SSSR count). The van der Waals surface area contributed by atoms with Gasteiger partial charge in [-0.15, -0.1) is 10.2 Å². The number of nitrogens with one attached hydrogen (secondary N) is 2. The largest absolute Gasteiger partial charge is 0.465 e. The standard InChI is InChI=1S/C12H9FN6O2/c13-7-1-3-8(4-2-7)15-9-10-17-18-11(16-12(20)21)19(10)6-5-14-9/h1-6H,(H,14,15)(H,16,18)(H,20,21). The van der Waals surface area contributed by atoms with Crippen LogP contribution in [0.15, 0.2) is 36.7 Å². The molecule has 0 fully saturated rings. The molecule has 2 aromatic heterocycles. The Morgan fingerprint density at radius 1 is 1.24 bits per heavy atom. The average molecular weight is 288 g/mol. The number of amides is 1. The third-order valence-corrected chi connectivity index (χ3v) is 2.65. The van der Waals surface area contributed by atoms with Crippen molar-refractivity contribution in [3.8, 4) is 0 Å². The predicted octanol–water partition coefficient (Wildman–Crippen LogP) is 2.10. The highest BCUT2D eigenvalue weighted by atomic mass is 19.1. The first-order chi connectivity index (χ1) is 10.1. The van der Waals surface area contributed by atoms with E-state index in [4.69, 9.17) is 5.11 Å². The monoisotopic (exact) mass is 288 g/mol. The molecule has 2 heterocycles. The second-order valence-electron chi connectivity index (χ2n) is 4.06. The van der Waals surface area contributed by atoms with Crippen LogP contribution in [0.1, 0.15) is 0 Å². The van der Waals surface area contributed by atoms with Gasteiger partial charge in [0.15, 0.2) is 5.82 Å². The number of carboxylic acid groups (broad SMARTS) is 1. The minimum absolute atomic E-state index is 0.0575. The summed E-state index contributed by atoms with van der Waals surface area (Å²) >= 11 is 0. The van der Waals surface area contributed by atoms with Gasteiger partial charge in [-0.3, -0.25) is 9.72 Å². The molecule has 21 heavy (non-hydrogen) atoms. The minimum atomic E-state index is -1.24. The average Bonchev–Trinajstić information content (AvgIpc) is 2.85. The molecule has 106 valence electrons. The summed E-state index contributed by atoms with van der Waals surface area (Å²) in [4.78, 5) is 14.8. The van der Waals surface area contributed by atoms with Crippen LogP contribution >= 0.6 is 0 Å². The van der Waals surface area contributed by atoms with Crippen LogP contribution in [0.5, 0.6) is 0 Å². The van der Waals surface area contributed by atoms with Crippen molar-refractivity contribution in [3.05, 3.63) is 42.5 Å². The molecule has 8 nitrogen and oxygen atoms in total. The van der Waals surface area contributed by atoms with Gasteiger partial charge in [-0.1, -0.05) is 0 Å². The molecular weight excluding hydrogens is 279 g/mol. The lowest BCUT2D eigenvalue weighted by atomic mass is 10.3. The maximum atomic E-state index is 12.9. The number of hydrogen-bond donors (Lipinski definition) is 3. The Hall–Kier alpha value is -3.23. The van der Waals surface area contributed by atoms with Gasteiger partial charge in [-0.25, -0.2) is 14.2 Å². The first-order valence-corrected chi connectivity index (χ1v) is 5.86.